The molecule has 20 heavy (non-hydrogen) atoms. The summed E-state index contributed by atoms with van der Waals surface area (Å²) in [4.78, 5) is 23.4. The minimum absolute atomic E-state index is 0.0708. The van der Waals surface area contributed by atoms with E-state index in [2.05, 4.69) is 10.6 Å². The predicted octanol–water partition coefficient (Wildman–Crippen LogP) is 0.922. The van der Waals surface area contributed by atoms with Gasteiger partial charge in [0.25, 0.3) is 0 Å². The zero-order valence-electron chi connectivity index (χ0n) is 11.0. The number of amides is 2. The first-order valence-electron chi connectivity index (χ1n) is 6.69. The molecule has 0 spiro atoms. The standard InChI is InChI=1S/C14H16N2O4/c17-13-7-9(3-4-15-13)14(18)16-10-1-2-11-12(8-10)20-6-5-19-11/h1-2,8-9H,3-7H2,(H,15,17)(H,16,18). The number of hydrogen-bond acceptors (Lipinski definition) is 4. The first kappa shape index (κ1) is 12.8. The molecular formula is C14H16N2O4. The Balaban J connectivity index is 1.68. The third-order valence-corrected chi connectivity index (χ3v) is 3.43. The molecule has 2 heterocycles. The lowest BCUT2D eigenvalue weighted by Crippen LogP contribution is -2.38. The van der Waals surface area contributed by atoms with E-state index in [0.29, 0.717) is 43.4 Å². The number of anilines is 1. The fraction of sp³-hybridized carbons (Fsp3) is 0.429. The molecule has 106 valence electrons. The maximum absolute atomic E-state index is 12.1. The molecule has 1 saturated heterocycles. The monoisotopic (exact) mass is 276 g/mol. The summed E-state index contributed by atoms with van der Waals surface area (Å²) in [6.45, 7) is 1.60. The predicted molar refractivity (Wildman–Crippen MR) is 71.8 cm³/mol. The summed E-state index contributed by atoms with van der Waals surface area (Å²) in [7, 11) is 0. The van der Waals surface area contributed by atoms with Crippen LogP contribution in [0.3, 0.4) is 0 Å². The molecule has 0 aromatic heterocycles. The highest BCUT2D eigenvalue weighted by Crippen LogP contribution is 2.32. The molecule has 1 atom stereocenters. The van der Waals surface area contributed by atoms with Crippen molar-refractivity contribution in [3.63, 3.8) is 0 Å². The van der Waals surface area contributed by atoms with Crippen molar-refractivity contribution in [3.05, 3.63) is 18.2 Å². The molecule has 2 aliphatic heterocycles. The second-order valence-corrected chi connectivity index (χ2v) is 4.89. The van der Waals surface area contributed by atoms with Gasteiger partial charge >= 0.3 is 0 Å². The van der Waals surface area contributed by atoms with Crippen molar-refractivity contribution >= 4 is 17.5 Å². The van der Waals surface area contributed by atoms with Crippen molar-refractivity contribution in [2.24, 2.45) is 5.92 Å². The third-order valence-electron chi connectivity index (χ3n) is 3.43. The molecule has 0 radical (unpaired) electrons. The fourth-order valence-electron chi connectivity index (χ4n) is 2.37. The lowest BCUT2D eigenvalue weighted by atomic mass is 9.96. The molecule has 1 aromatic carbocycles. The maximum Gasteiger partial charge on any atom is 0.228 e. The quantitative estimate of drug-likeness (QED) is 0.842. The molecule has 2 aliphatic rings. The van der Waals surface area contributed by atoms with E-state index in [0.717, 1.165) is 0 Å². The summed E-state index contributed by atoms with van der Waals surface area (Å²) in [5.41, 5.74) is 0.658. The molecule has 2 amide bonds. The van der Waals surface area contributed by atoms with E-state index in [-0.39, 0.29) is 24.2 Å². The lowest BCUT2D eigenvalue weighted by Gasteiger charge is -2.22. The van der Waals surface area contributed by atoms with Gasteiger partial charge in [0, 0.05) is 30.6 Å². The van der Waals surface area contributed by atoms with Gasteiger partial charge in [-0.1, -0.05) is 0 Å². The van der Waals surface area contributed by atoms with Crippen molar-refractivity contribution < 1.29 is 19.1 Å². The van der Waals surface area contributed by atoms with Crippen LogP contribution in [0, 0.1) is 5.92 Å². The highest BCUT2D eigenvalue weighted by atomic mass is 16.6. The molecule has 3 rings (SSSR count). The van der Waals surface area contributed by atoms with E-state index in [9.17, 15) is 9.59 Å². The van der Waals surface area contributed by atoms with Crippen LogP contribution in [-0.2, 0) is 9.59 Å². The normalized spacial score (nSPS) is 21.0. The Hall–Kier alpha value is -2.24. The lowest BCUT2D eigenvalue weighted by molar-refractivity contribution is -0.129. The summed E-state index contributed by atoms with van der Waals surface area (Å²) in [6, 6.07) is 5.29. The van der Waals surface area contributed by atoms with Gasteiger partial charge in [0.2, 0.25) is 11.8 Å². The smallest absolute Gasteiger partial charge is 0.228 e. The van der Waals surface area contributed by atoms with Gasteiger partial charge in [-0.3, -0.25) is 9.59 Å². The number of carbonyl (C=O) groups excluding carboxylic acids is 2. The Morgan fingerprint density at radius 2 is 2.05 bits per heavy atom. The maximum atomic E-state index is 12.1. The van der Waals surface area contributed by atoms with Gasteiger partial charge in [0.15, 0.2) is 11.5 Å². The number of fused-ring (bicyclic) bond motifs is 1. The Morgan fingerprint density at radius 1 is 1.25 bits per heavy atom. The van der Waals surface area contributed by atoms with Gasteiger partial charge in [-0.2, -0.15) is 0 Å². The third kappa shape index (κ3) is 2.68. The minimum atomic E-state index is -0.267. The number of hydrogen-bond donors (Lipinski definition) is 2. The minimum Gasteiger partial charge on any atom is -0.486 e. The van der Waals surface area contributed by atoms with Crippen LogP contribution in [0.1, 0.15) is 12.8 Å². The van der Waals surface area contributed by atoms with E-state index in [4.69, 9.17) is 9.47 Å². The Morgan fingerprint density at radius 3 is 2.85 bits per heavy atom. The molecule has 2 N–H and O–H groups in total. The van der Waals surface area contributed by atoms with Crippen LogP contribution in [0.5, 0.6) is 11.5 Å². The number of nitrogens with one attached hydrogen (secondary N) is 2. The molecule has 0 bridgehead atoms. The van der Waals surface area contributed by atoms with Gasteiger partial charge in [0.1, 0.15) is 13.2 Å². The van der Waals surface area contributed by atoms with Crippen LogP contribution < -0.4 is 20.1 Å². The topological polar surface area (TPSA) is 76.7 Å². The summed E-state index contributed by atoms with van der Waals surface area (Å²) in [6.07, 6.45) is 0.915. The van der Waals surface area contributed by atoms with Crippen molar-refractivity contribution in [2.45, 2.75) is 12.8 Å². The molecule has 1 aromatic rings. The summed E-state index contributed by atoms with van der Waals surface area (Å²) in [5.74, 6) is 0.855. The van der Waals surface area contributed by atoms with Crippen molar-refractivity contribution in [3.8, 4) is 11.5 Å². The largest absolute Gasteiger partial charge is 0.486 e. The van der Waals surface area contributed by atoms with Crippen LogP contribution >= 0.6 is 0 Å². The van der Waals surface area contributed by atoms with Crippen molar-refractivity contribution in [1.29, 1.82) is 0 Å². The van der Waals surface area contributed by atoms with E-state index in [1.54, 1.807) is 18.2 Å². The second-order valence-electron chi connectivity index (χ2n) is 4.89. The first-order valence-corrected chi connectivity index (χ1v) is 6.69. The highest BCUT2D eigenvalue weighted by molar-refractivity contribution is 5.96. The first-order chi connectivity index (χ1) is 9.72. The molecule has 1 fully saturated rings. The summed E-state index contributed by atoms with van der Waals surface area (Å²) in [5, 5.41) is 5.54. The average Bonchev–Trinajstić information content (AvgIpc) is 2.47. The Labute approximate surface area is 116 Å². The highest BCUT2D eigenvalue weighted by Gasteiger charge is 2.25. The SMILES string of the molecule is O=C1CC(C(=O)Nc2ccc3c(c2)OCCO3)CCN1. The zero-order valence-corrected chi connectivity index (χ0v) is 11.0. The average molecular weight is 276 g/mol. The van der Waals surface area contributed by atoms with Gasteiger partial charge in [0.05, 0.1) is 0 Å². The molecule has 6 nitrogen and oxygen atoms in total. The van der Waals surface area contributed by atoms with Gasteiger partial charge in [-0.15, -0.1) is 0 Å². The van der Waals surface area contributed by atoms with E-state index in [1.165, 1.54) is 0 Å². The van der Waals surface area contributed by atoms with Crippen LogP contribution in [0.25, 0.3) is 0 Å². The van der Waals surface area contributed by atoms with E-state index >= 15 is 0 Å². The van der Waals surface area contributed by atoms with Gasteiger partial charge in [-0.05, 0) is 18.6 Å². The molecule has 0 aliphatic carbocycles. The molecule has 1 unspecified atom stereocenters. The van der Waals surface area contributed by atoms with Gasteiger partial charge in [-0.25, -0.2) is 0 Å². The van der Waals surface area contributed by atoms with Crippen LogP contribution in [0.2, 0.25) is 0 Å². The molecule has 6 heteroatoms. The molecule has 0 saturated carbocycles. The zero-order chi connectivity index (χ0) is 13.9. The van der Waals surface area contributed by atoms with Crippen molar-refractivity contribution in [2.75, 3.05) is 25.1 Å². The number of carbonyl (C=O) groups is 2. The second kappa shape index (κ2) is 5.40. The summed E-state index contributed by atoms with van der Waals surface area (Å²) >= 11 is 0. The van der Waals surface area contributed by atoms with E-state index in [1.807, 2.05) is 0 Å². The Bertz CT molecular complexity index is 544. The Kier molecular flexibility index (Phi) is 3.45. The van der Waals surface area contributed by atoms with Crippen molar-refractivity contribution in [1.82, 2.24) is 5.32 Å². The number of piperidine rings is 1. The summed E-state index contributed by atoms with van der Waals surface area (Å²) < 4.78 is 10.9. The van der Waals surface area contributed by atoms with Crippen LogP contribution in [-0.4, -0.2) is 31.6 Å². The van der Waals surface area contributed by atoms with Crippen LogP contribution in [0.15, 0.2) is 18.2 Å². The van der Waals surface area contributed by atoms with Gasteiger partial charge < -0.3 is 20.1 Å². The number of ether oxygens (including phenoxy) is 2. The molecular weight excluding hydrogens is 260 g/mol. The number of benzene rings is 1. The van der Waals surface area contributed by atoms with E-state index < -0.39 is 0 Å². The fourth-order valence-corrected chi connectivity index (χ4v) is 2.37. The van der Waals surface area contributed by atoms with Crippen LogP contribution in [0.4, 0.5) is 5.69 Å². The number of rotatable bonds is 2.